The standard InChI is InChI=1S/C18H24N6O4/c1-11-10-14(21-17(27)16(26)19-8-5-9-28-2)24(23-11)18-20-13-7-4-3-6-12(13)15(25)22-18/h10,12H,3-9H2,1-2H3,(H,19,26)(H,21,27). The van der Waals surface area contributed by atoms with Gasteiger partial charge in [-0.1, -0.05) is 6.42 Å². The molecule has 28 heavy (non-hydrogen) atoms. The molecule has 0 bridgehead atoms. The number of ether oxygens (including phenoxy) is 1. The molecule has 2 heterocycles. The number of anilines is 1. The van der Waals surface area contributed by atoms with Gasteiger partial charge >= 0.3 is 11.8 Å². The van der Waals surface area contributed by atoms with Crippen LogP contribution >= 0.6 is 0 Å². The SMILES string of the molecule is COCCCNC(=O)C(=O)Nc1cc(C)nn1C1=NC(=O)C2CCCCC2=N1. The van der Waals surface area contributed by atoms with E-state index in [1.807, 2.05) is 0 Å². The Hall–Kier alpha value is -2.88. The van der Waals surface area contributed by atoms with Gasteiger partial charge in [-0.2, -0.15) is 14.8 Å². The van der Waals surface area contributed by atoms with Gasteiger partial charge in [-0.05, 0) is 32.6 Å². The Morgan fingerprint density at radius 1 is 1.29 bits per heavy atom. The van der Waals surface area contributed by atoms with Crippen molar-refractivity contribution in [2.75, 3.05) is 25.6 Å². The molecule has 3 rings (SSSR count). The summed E-state index contributed by atoms with van der Waals surface area (Å²) in [6.07, 6.45) is 4.09. The lowest BCUT2D eigenvalue weighted by molar-refractivity contribution is -0.136. The van der Waals surface area contributed by atoms with E-state index in [1.165, 1.54) is 4.68 Å². The number of nitrogens with zero attached hydrogens (tertiary/aromatic N) is 4. The summed E-state index contributed by atoms with van der Waals surface area (Å²) in [6.45, 7) is 2.55. The number of nitrogens with one attached hydrogen (secondary N) is 2. The van der Waals surface area contributed by atoms with Crippen molar-refractivity contribution in [3.05, 3.63) is 11.8 Å². The summed E-state index contributed by atoms with van der Waals surface area (Å²) in [7, 11) is 1.57. The third-order valence-electron chi connectivity index (χ3n) is 4.61. The molecule has 1 fully saturated rings. The van der Waals surface area contributed by atoms with E-state index in [0.717, 1.165) is 31.4 Å². The van der Waals surface area contributed by atoms with Crippen LogP contribution in [-0.2, 0) is 19.1 Å². The van der Waals surface area contributed by atoms with E-state index in [-0.39, 0.29) is 23.6 Å². The van der Waals surface area contributed by atoms with Crippen LogP contribution in [-0.4, -0.2) is 59.4 Å². The zero-order valence-corrected chi connectivity index (χ0v) is 16.0. The number of hydrogen-bond donors (Lipinski definition) is 2. The molecular formula is C18H24N6O4. The number of hydrogen-bond acceptors (Lipinski definition) is 6. The second-order valence-corrected chi connectivity index (χ2v) is 6.79. The molecule has 1 aromatic heterocycles. The third-order valence-corrected chi connectivity index (χ3v) is 4.61. The lowest BCUT2D eigenvalue weighted by atomic mass is 9.86. The smallest absolute Gasteiger partial charge is 0.314 e. The Balaban J connectivity index is 1.73. The maximum atomic E-state index is 12.4. The van der Waals surface area contributed by atoms with Crippen LogP contribution in [0.15, 0.2) is 16.1 Å². The molecule has 2 N–H and O–H groups in total. The number of carbonyl (C=O) groups excluding carboxylic acids is 3. The second kappa shape index (κ2) is 8.87. The minimum Gasteiger partial charge on any atom is -0.385 e. The lowest BCUT2D eigenvalue weighted by Gasteiger charge is -2.24. The fraction of sp³-hybridized carbons (Fsp3) is 0.556. The third kappa shape index (κ3) is 4.50. The van der Waals surface area contributed by atoms with Crippen molar-refractivity contribution in [2.24, 2.45) is 15.9 Å². The van der Waals surface area contributed by atoms with Gasteiger partial charge in [0.05, 0.1) is 11.6 Å². The Morgan fingerprint density at radius 3 is 2.89 bits per heavy atom. The van der Waals surface area contributed by atoms with E-state index in [0.29, 0.717) is 25.3 Å². The highest BCUT2D eigenvalue weighted by Crippen LogP contribution is 2.26. The molecule has 1 aliphatic carbocycles. The molecule has 2 aliphatic rings. The average molecular weight is 388 g/mol. The van der Waals surface area contributed by atoms with Crippen molar-refractivity contribution in [1.29, 1.82) is 0 Å². The summed E-state index contributed by atoms with van der Waals surface area (Å²) >= 11 is 0. The summed E-state index contributed by atoms with van der Waals surface area (Å²) in [5, 5.41) is 9.30. The first kappa shape index (κ1) is 19.9. The van der Waals surface area contributed by atoms with Gasteiger partial charge in [0.2, 0.25) is 0 Å². The monoisotopic (exact) mass is 388 g/mol. The van der Waals surface area contributed by atoms with E-state index >= 15 is 0 Å². The number of amides is 3. The van der Waals surface area contributed by atoms with Crippen LogP contribution in [0.4, 0.5) is 5.82 Å². The number of rotatable bonds is 5. The first-order chi connectivity index (χ1) is 13.5. The molecule has 1 aromatic rings. The fourth-order valence-electron chi connectivity index (χ4n) is 3.23. The Labute approximate surface area is 162 Å². The molecule has 1 aliphatic heterocycles. The van der Waals surface area contributed by atoms with E-state index in [4.69, 9.17) is 4.74 Å². The zero-order chi connectivity index (χ0) is 20.1. The van der Waals surface area contributed by atoms with Gasteiger partial charge in [-0.15, -0.1) is 0 Å². The summed E-state index contributed by atoms with van der Waals surface area (Å²) in [5.74, 6) is -1.72. The van der Waals surface area contributed by atoms with Crippen molar-refractivity contribution >= 4 is 35.2 Å². The zero-order valence-electron chi connectivity index (χ0n) is 16.0. The van der Waals surface area contributed by atoms with Crippen LogP contribution in [0.1, 0.15) is 37.8 Å². The van der Waals surface area contributed by atoms with Gasteiger partial charge < -0.3 is 15.4 Å². The van der Waals surface area contributed by atoms with Crippen LogP contribution in [0.3, 0.4) is 0 Å². The largest absolute Gasteiger partial charge is 0.385 e. The van der Waals surface area contributed by atoms with Crippen LogP contribution in [0.2, 0.25) is 0 Å². The van der Waals surface area contributed by atoms with Gasteiger partial charge in [0.1, 0.15) is 5.82 Å². The molecule has 0 spiro atoms. The van der Waals surface area contributed by atoms with Gasteiger partial charge in [-0.25, -0.2) is 4.99 Å². The van der Waals surface area contributed by atoms with E-state index in [2.05, 4.69) is 25.7 Å². The normalized spacial score (nSPS) is 18.8. The Bertz CT molecular complexity index is 841. The quantitative estimate of drug-likeness (QED) is 0.566. The van der Waals surface area contributed by atoms with Crippen molar-refractivity contribution in [1.82, 2.24) is 15.1 Å². The highest BCUT2D eigenvalue weighted by Gasteiger charge is 2.32. The molecule has 1 atom stereocenters. The van der Waals surface area contributed by atoms with Gasteiger partial charge in [0.25, 0.3) is 11.9 Å². The number of aliphatic imine (C=N–C) groups is 2. The highest BCUT2D eigenvalue weighted by molar-refractivity contribution is 6.39. The lowest BCUT2D eigenvalue weighted by Crippen LogP contribution is -2.37. The van der Waals surface area contributed by atoms with Crippen LogP contribution in [0, 0.1) is 12.8 Å². The molecule has 1 unspecified atom stereocenters. The minimum absolute atomic E-state index is 0.113. The van der Waals surface area contributed by atoms with Gasteiger partial charge in [-0.3, -0.25) is 14.4 Å². The van der Waals surface area contributed by atoms with Gasteiger partial charge in [0.15, 0.2) is 0 Å². The summed E-state index contributed by atoms with van der Waals surface area (Å²) < 4.78 is 6.19. The van der Waals surface area contributed by atoms with Gasteiger partial charge in [0, 0.05) is 32.0 Å². The molecular weight excluding hydrogens is 364 g/mol. The average Bonchev–Trinajstić information content (AvgIpc) is 3.05. The molecule has 1 saturated carbocycles. The minimum atomic E-state index is -0.829. The molecule has 0 saturated heterocycles. The molecule has 0 aromatic carbocycles. The molecule has 150 valence electrons. The Morgan fingerprint density at radius 2 is 2.11 bits per heavy atom. The van der Waals surface area contributed by atoms with Crippen LogP contribution < -0.4 is 10.6 Å². The van der Waals surface area contributed by atoms with Crippen LogP contribution in [0.25, 0.3) is 0 Å². The molecule has 3 amide bonds. The van der Waals surface area contributed by atoms with Crippen molar-refractivity contribution in [3.8, 4) is 0 Å². The predicted molar refractivity (Wildman–Crippen MR) is 102 cm³/mol. The van der Waals surface area contributed by atoms with Crippen molar-refractivity contribution < 1.29 is 19.1 Å². The topological polar surface area (TPSA) is 127 Å². The number of aryl methyl sites for hydroxylation is 1. The number of carbonyl (C=O) groups is 3. The van der Waals surface area contributed by atoms with E-state index < -0.39 is 11.8 Å². The number of fused-ring (bicyclic) bond motifs is 1. The molecule has 10 heteroatoms. The first-order valence-corrected chi connectivity index (χ1v) is 9.34. The summed E-state index contributed by atoms with van der Waals surface area (Å²) in [5.41, 5.74) is 1.40. The van der Waals surface area contributed by atoms with Crippen molar-refractivity contribution in [2.45, 2.75) is 39.0 Å². The van der Waals surface area contributed by atoms with Crippen LogP contribution in [0.5, 0.6) is 0 Å². The summed E-state index contributed by atoms with van der Waals surface area (Å²) in [6, 6.07) is 1.59. The van der Waals surface area contributed by atoms with Crippen molar-refractivity contribution in [3.63, 3.8) is 0 Å². The maximum Gasteiger partial charge on any atom is 0.314 e. The number of methoxy groups -OCH3 is 1. The number of aromatic nitrogens is 2. The highest BCUT2D eigenvalue weighted by atomic mass is 16.5. The predicted octanol–water partition coefficient (Wildman–Crippen LogP) is 0.658. The first-order valence-electron chi connectivity index (χ1n) is 9.34. The second-order valence-electron chi connectivity index (χ2n) is 6.79. The summed E-state index contributed by atoms with van der Waals surface area (Å²) in [4.78, 5) is 45.0. The molecule has 0 radical (unpaired) electrons. The molecule has 10 nitrogen and oxygen atoms in total. The van der Waals surface area contributed by atoms with E-state index in [9.17, 15) is 14.4 Å². The fourth-order valence-corrected chi connectivity index (χ4v) is 3.23. The Kier molecular flexibility index (Phi) is 6.30. The van der Waals surface area contributed by atoms with E-state index in [1.54, 1.807) is 20.1 Å². The maximum absolute atomic E-state index is 12.4.